The van der Waals surface area contributed by atoms with Crippen molar-refractivity contribution in [2.45, 2.75) is 38.7 Å². The summed E-state index contributed by atoms with van der Waals surface area (Å²) in [5.41, 5.74) is -0.0444. The molecule has 4 unspecified atom stereocenters. The van der Waals surface area contributed by atoms with E-state index in [1.54, 1.807) is 62.4 Å². The van der Waals surface area contributed by atoms with Gasteiger partial charge in [-0.1, -0.05) is 54.4 Å². The zero-order valence-corrected chi connectivity index (χ0v) is 22.0. The van der Waals surface area contributed by atoms with E-state index in [4.69, 9.17) is 37.0 Å². The molecule has 4 rings (SSSR count). The van der Waals surface area contributed by atoms with E-state index in [2.05, 4.69) is 0 Å². The molecule has 192 valence electrons. The van der Waals surface area contributed by atoms with Crippen LogP contribution in [0.25, 0.3) is 0 Å². The number of hydrogen-bond donors (Lipinski definition) is 2. The standard InChI is InChI=1S/C25H26Cl2NO7P/c1-15-14-28(23(30)13-19(15)29)25-24(31)16(2)20(33-25)11-12-36(32,34-21-9-5-3-7-17(21)26)35-22-10-6-4-8-18(22)27/h3-10,13-14,16,20,24-25,29,31H,11-12H2,1-2H3. The highest BCUT2D eigenvalue weighted by atomic mass is 35.5. The van der Waals surface area contributed by atoms with Gasteiger partial charge in [-0.05, 0) is 37.6 Å². The number of pyridine rings is 1. The Kier molecular flexibility index (Phi) is 8.03. The van der Waals surface area contributed by atoms with Crippen LogP contribution in [0.2, 0.25) is 10.0 Å². The van der Waals surface area contributed by atoms with Gasteiger partial charge in [-0.15, -0.1) is 0 Å². The lowest BCUT2D eigenvalue weighted by molar-refractivity contribution is -0.0398. The molecule has 1 saturated heterocycles. The van der Waals surface area contributed by atoms with Gasteiger partial charge in [-0.3, -0.25) is 9.36 Å². The van der Waals surface area contributed by atoms with Gasteiger partial charge in [0, 0.05) is 23.7 Å². The maximum absolute atomic E-state index is 13.9. The molecule has 0 radical (unpaired) electrons. The van der Waals surface area contributed by atoms with Gasteiger partial charge >= 0.3 is 7.60 Å². The van der Waals surface area contributed by atoms with E-state index in [1.165, 1.54) is 10.8 Å². The molecule has 1 fully saturated rings. The predicted octanol–water partition coefficient (Wildman–Crippen LogP) is 5.80. The van der Waals surface area contributed by atoms with Crippen molar-refractivity contribution >= 4 is 30.8 Å². The minimum Gasteiger partial charge on any atom is -0.507 e. The summed E-state index contributed by atoms with van der Waals surface area (Å²) in [6.45, 7) is 3.42. The lowest BCUT2D eigenvalue weighted by Gasteiger charge is -2.23. The highest BCUT2D eigenvalue weighted by molar-refractivity contribution is 7.54. The number of aromatic nitrogens is 1. The van der Waals surface area contributed by atoms with Crippen LogP contribution in [0.3, 0.4) is 0 Å². The van der Waals surface area contributed by atoms with Crippen LogP contribution in [0.5, 0.6) is 17.2 Å². The van der Waals surface area contributed by atoms with Crippen molar-refractivity contribution in [1.82, 2.24) is 4.57 Å². The van der Waals surface area contributed by atoms with Gasteiger partial charge < -0.3 is 24.0 Å². The number of ether oxygens (including phenoxy) is 1. The number of para-hydroxylation sites is 2. The van der Waals surface area contributed by atoms with Crippen molar-refractivity contribution in [2.75, 3.05) is 6.16 Å². The van der Waals surface area contributed by atoms with Crippen molar-refractivity contribution in [1.29, 1.82) is 0 Å². The average molecular weight is 554 g/mol. The van der Waals surface area contributed by atoms with Crippen molar-refractivity contribution in [3.8, 4) is 17.2 Å². The lowest BCUT2D eigenvalue weighted by atomic mass is 9.99. The summed E-state index contributed by atoms with van der Waals surface area (Å²) >= 11 is 12.4. The third kappa shape index (κ3) is 5.74. The zero-order valence-electron chi connectivity index (χ0n) is 19.6. The maximum Gasteiger partial charge on any atom is 0.430 e. The summed E-state index contributed by atoms with van der Waals surface area (Å²) in [4.78, 5) is 12.4. The first kappa shape index (κ1) is 26.6. The molecule has 36 heavy (non-hydrogen) atoms. The van der Waals surface area contributed by atoms with E-state index in [9.17, 15) is 19.6 Å². The van der Waals surface area contributed by atoms with Gasteiger partial charge in [0.05, 0.1) is 22.3 Å². The molecule has 2 N–H and O–H groups in total. The number of aromatic hydroxyl groups is 1. The largest absolute Gasteiger partial charge is 0.507 e. The SMILES string of the molecule is Cc1cn(C2OC(CCP(=O)(Oc3ccccc3Cl)Oc3ccccc3Cl)C(C)C2O)c(=O)cc1O. The second-order valence-corrected chi connectivity index (χ2v) is 11.5. The number of hydrogen-bond acceptors (Lipinski definition) is 7. The Labute approximate surface area is 218 Å². The Morgan fingerprint density at radius 3 is 2.17 bits per heavy atom. The second kappa shape index (κ2) is 10.9. The van der Waals surface area contributed by atoms with Gasteiger partial charge in [0.15, 0.2) is 6.23 Å². The first-order valence-corrected chi connectivity index (χ1v) is 13.8. The van der Waals surface area contributed by atoms with Gasteiger partial charge in [0.2, 0.25) is 0 Å². The van der Waals surface area contributed by atoms with Crippen LogP contribution in [0.4, 0.5) is 0 Å². The maximum atomic E-state index is 13.9. The topological polar surface area (TPSA) is 107 Å². The summed E-state index contributed by atoms with van der Waals surface area (Å²) in [6, 6.07) is 14.3. The molecule has 0 amide bonds. The molecule has 0 saturated carbocycles. The van der Waals surface area contributed by atoms with E-state index in [0.717, 1.165) is 6.07 Å². The number of halogens is 2. The summed E-state index contributed by atoms with van der Waals surface area (Å²) in [5, 5.41) is 21.2. The molecule has 4 atom stereocenters. The number of aliphatic hydroxyl groups excluding tert-OH is 1. The van der Waals surface area contributed by atoms with Crippen molar-refractivity contribution in [2.24, 2.45) is 5.92 Å². The minimum absolute atomic E-state index is 0.0819. The van der Waals surface area contributed by atoms with Crippen LogP contribution >= 0.6 is 30.8 Å². The van der Waals surface area contributed by atoms with Crippen molar-refractivity contribution in [3.05, 3.63) is 86.8 Å². The van der Waals surface area contributed by atoms with Gasteiger partial charge in [-0.25, -0.2) is 4.57 Å². The van der Waals surface area contributed by atoms with E-state index >= 15 is 0 Å². The minimum atomic E-state index is -3.86. The molecule has 1 aliphatic rings. The number of rotatable bonds is 8. The van der Waals surface area contributed by atoms with E-state index < -0.39 is 37.5 Å². The third-order valence-electron chi connectivity index (χ3n) is 6.09. The molecule has 2 aromatic carbocycles. The molecular formula is C25H26Cl2NO7P. The Morgan fingerprint density at radius 2 is 1.61 bits per heavy atom. The van der Waals surface area contributed by atoms with Crippen LogP contribution in [0, 0.1) is 12.8 Å². The number of nitrogens with zero attached hydrogens (tertiary/aromatic N) is 1. The molecule has 0 spiro atoms. The Bertz CT molecular complexity index is 1300. The Hall–Kier alpha value is -2.48. The fraction of sp³-hybridized carbons (Fsp3) is 0.320. The van der Waals surface area contributed by atoms with Crippen molar-refractivity contribution < 1.29 is 28.6 Å². The molecule has 1 aliphatic heterocycles. The van der Waals surface area contributed by atoms with Crippen LogP contribution < -0.4 is 14.6 Å². The summed E-state index contributed by atoms with van der Waals surface area (Å²) in [6.07, 6.45) is -1.00. The molecule has 0 bridgehead atoms. The van der Waals surface area contributed by atoms with Crippen LogP contribution in [0.1, 0.15) is 25.1 Å². The van der Waals surface area contributed by atoms with Gasteiger partial charge in [0.25, 0.3) is 5.56 Å². The first-order chi connectivity index (χ1) is 17.1. The Morgan fingerprint density at radius 1 is 1.06 bits per heavy atom. The summed E-state index contributed by atoms with van der Waals surface area (Å²) in [7, 11) is -3.86. The molecule has 0 aliphatic carbocycles. The third-order valence-corrected chi connectivity index (χ3v) is 8.47. The quantitative estimate of drug-likeness (QED) is 0.339. The molecule has 1 aromatic heterocycles. The predicted molar refractivity (Wildman–Crippen MR) is 137 cm³/mol. The molecule has 8 nitrogen and oxygen atoms in total. The monoisotopic (exact) mass is 553 g/mol. The fourth-order valence-corrected chi connectivity index (χ4v) is 6.16. The van der Waals surface area contributed by atoms with E-state index in [-0.39, 0.29) is 39.9 Å². The lowest BCUT2D eigenvalue weighted by Crippen LogP contribution is -2.31. The van der Waals surface area contributed by atoms with Crippen LogP contribution in [0.15, 0.2) is 65.6 Å². The van der Waals surface area contributed by atoms with Crippen LogP contribution in [-0.2, 0) is 9.30 Å². The van der Waals surface area contributed by atoms with Crippen LogP contribution in [-0.4, -0.2) is 33.1 Å². The molecular weight excluding hydrogens is 528 g/mol. The molecule has 3 aromatic rings. The summed E-state index contributed by atoms with van der Waals surface area (Å²) < 4.78 is 32.8. The normalized spacial score (nSPS) is 21.9. The number of benzene rings is 2. The van der Waals surface area contributed by atoms with Gasteiger partial charge in [0.1, 0.15) is 23.4 Å². The molecule has 11 heteroatoms. The Balaban J connectivity index is 1.56. The fourth-order valence-electron chi connectivity index (χ4n) is 4.00. The van der Waals surface area contributed by atoms with Crippen molar-refractivity contribution in [3.63, 3.8) is 0 Å². The van der Waals surface area contributed by atoms with Gasteiger partial charge in [-0.2, -0.15) is 0 Å². The highest BCUT2D eigenvalue weighted by Crippen LogP contribution is 2.52. The van der Waals surface area contributed by atoms with E-state index in [0.29, 0.717) is 5.56 Å². The average Bonchev–Trinajstić information content (AvgIpc) is 3.12. The smallest absolute Gasteiger partial charge is 0.430 e. The van der Waals surface area contributed by atoms with E-state index in [1.807, 2.05) is 0 Å². The number of aryl methyl sites for hydroxylation is 1. The highest BCUT2D eigenvalue weighted by Gasteiger charge is 2.43. The molecule has 2 heterocycles. The summed E-state index contributed by atoms with van der Waals surface area (Å²) in [5.74, 6) is -0.147. The zero-order chi connectivity index (χ0) is 26.0. The number of aliphatic hydroxyl groups is 1. The first-order valence-electron chi connectivity index (χ1n) is 11.3. The second-order valence-electron chi connectivity index (χ2n) is 8.67.